The molecule has 0 aromatic heterocycles. The van der Waals surface area contributed by atoms with Crippen LogP contribution in [-0.2, 0) is 14.9 Å². The molecular weight excluding hydrogens is 344 g/mol. The molecule has 1 fully saturated rings. The Balaban J connectivity index is 0.000000243. The summed E-state index contributed by atoms with van der Waals surface area (Å²) >= 11 is 0. The third kappa shape index (κ3) is 5.52. The van der Waals surface area contributed by atoms with Gasteiger partial charge in [-0.3, -0.25) is 9.35 Å². The van der Waals surface area contributed by atoms with Gasteiger partial charge in [-0.1, -0.05) is 17.7 Å². The van der Waals surface area contributed by atoms with E-state index in [1.807, 2.05) is 6.92 Å². The maximum absolute atomic E-state index is 12.7. The van der Waals surface area contributed by atoms with Gasteiger partial charge in [0.1, 0.15) is 6.04 Å². The van der Waals surface area contributed by atoms with E-state index in [4.69, 9.17) is 15.5 Å². The SMILES string of the molecule is Cc1ccc(S(=O)(=O)O)cc1.N#C[C@@H]1CC(F)(F)CN1C(=O)CN. The molecule has 0 spiro atoms. The van der Waals surface area contributed by atoms with Crippen molar-refractivity contribution in [1.82, 2.24) is 4.90 Å². The standard InChI is InChI=1S/C7H9F2N3O.C7H8O3S/c8-7(9)1-5(2-10)12(4-7)6(13)3-11;1-6-2-4-7(5-3-6)11(8,9)10/h5H,1,3-4,11H2;2-5H,1H3,(H,8,9,10)/t5-;/m0./s1. The largest absolute Gasteiger partial charge is 0.322 e. The molecule has 3 N–H and O–H groups in total. The summed E-state index contributed by atoms with van der Waals surface area (Å²) in [7, 11) is -4.02. The van der Waals surface area contributed by atoms with Gasteiger partial charge in [-0.05, 0) is 19.1 Å². The van der Waals surface area contributed by atoms with Crippen molar-refractivity contribution >= 4 is 16.0 Å². The second-order valence-electron chi connectivity index (χ2n) is 5.22. The summed E-state index contributed by atoms with van der Waals surface area (Å²) in [6, 6.07) is 6.61. The Morgan fingerprint density at radius 2 is 2.00 bits per heavy atom. The number of carbonyl (C=O) groups is 1. The molecule has 1 aliphatic heterocycles. The third-order valence-electron chi connectivity index (χ3n) is 3.23. The number of hydrogen-bond acceptors (Lipinski definition) is 5. The quantitative estimate of drug-likeness (QED) is 0.756. The Kier molecular flexibility index (Phi) is 6.36. The number of carbonyl (C=O) groups excluding carboxylic acids is 1. The lowest BCUT2D eigenvalue weighted by atomic mass is 10.2. The molecule has 24 heavy (non-hydrogen) atoms. The number of amides is 1. The van der Waals surface area contributed by atoms with Crippen LogP contribution < -0.4 is 5.73 Å². The second kappa shape index (κ2) is 7.65. The zero-order valence-corrected chi connectivity index (χ0v) is 13.6. The molecule has 1 saturated heterocycles. The van der Waals surface area contributed by atoms with Crippen LogP contribution in [0, 0.1) is 18.3 Å². The molecule has 1 heterocycles. The molecule has 0 aliphatic carbocycles. The minimum absolute atomic E-state index is 0.0666. The van der Waals surface area contributed by atoms with Crippen LogP contribution in [0.25, 0.3) is 0 Å². The van der Waals surface area contributed by atoms with Crippen molar-refractivity contribution in [1.29, 1.82) is 5.26 Å². The van der Waals surface area contributed by atoms with E-state index >= 15 is 0 Å². The molecule has 1 aliphatic rings. The Morgan fingerprint density at radius 3 is 2.42 bits per heavy atom. The van der Waals surface area contributed by atoms with Crippen molar-refractivity contribution in [2.24, 2.45) is 5.73 Å². The first-order valence-corrected chi connectivity index (χ1v) is 8.25. The van der Waals surface area contributed by atoms with E-state index in [9.17, 15) is 22.0 Å². The Bertz CT molecular complexity index is 729. The van der Waals surface area contributed by atoms with Gasteiger partial charge < -0.3 is 10.6 Å². The Morgan fingerprint density at radius 1 is 1.46 bits per heavy atom. The highest BCUT2D eigenvalue weighted by atomic mass is 32.2. The molecule has 1 atom stereocenters. The maximum atomic E-state index is 12.7. The number of aryl methyl sites for hydroxylation is 1. The first-order valence-electron chi connectivity index (χ1n) is 6.81. The third-order valence-corrected chi connectivity index (χ3v) is 4.10. The summed E-state index contributed by atoms with van der Waals surface area (Å²) in [5.74, 6) is -3.56. The summed E-state index contributed by atoms with van der Waals surface area (Å²) in [5.41, 5.74) is 5.97. The summed E-state index contributed by atoms with van der Waals surface area (Å²) in [5, 5.41) is 8.50. The summed E-state index contributed by atoms with van der Waals surface area (Å²) in [6.45, 7) is 0.809. The van der Waals surface area contributed by atoms with E-state index in [2.05, 4.69) is 0 Å². The van der Waals surface area contributed by atoms with Crippen molar-refractivity contribution < 1.29 is 26.5 Å². The van der Waals surface area contributed by atoms with Gasteiger partial charge in [0.25, 0.3) is 16.0 Å². The van der Waals surface area contributed by atoms with E-state index in [1.54, 1.807) is 18.2 Å². The first kappa shape index (κ1) is 20.0. The topological polar surface area (TPSA) is 124 Å². The normalized spacial score (nSPS) is 19.2. The summed E-state index contributed by atoms with van der Waals surface area (Å²) in [4.78, 5) is 11.8. The molecule has 132 valence electrons. The van der Waals surface area contributed by atoms with Crippen molar-refractivity contribution in [2.75, 3.05) is 13.1 Å². The van der Waals surface area contributed by atoms with Crippen LogP contribution in [0.2, 0.25) is 0 Å². The molecule has 10 heteroatoms. The lowest BCUT2D eigenvalue weighted by Crippen LogP contribution is -2.39. The van der Waals surface area contributed by atoms with Crippen molar-refractivity contribution in [3.8, 4) is 6.07 Å². The monoisotopic (exact) mass is 361 g/mol. The van der Waals surface area contributed by atoms with E-state index in [0.717, 1.165) is 10.5 Å². The van der Waals surface area contributed by atoms with Crippen molar-refractivity contribution in [2.45, 2.75) is 30.2 Å². The molecule has 1 amide bonds. The minimum Gasteiger partial charge on any atom is -0.322 e. The average Bonchev–Trinajstić information content (AvgIpc) is 2.82. The van der Waals surface area contributed by atoms with Gasteiger partial charge in [0, 0.05) is 6.42 Å². The number of halogens is 2. The first-order chi connectivity index (χ1) is 11.0. The Labute approximate surface area is 138 Å². The molecule has 1 aromatic carbocycles. The number of nitrogens with two attached hydrogens (primary N) is 1. The molecule has 1 aromatic rings. The molecule has 0 radical (unpaired) electrons. The fraction of sp³-hybridized carbons (Fsp3) is 0.429. The molecule has 7 nitrogen and oxygen atoms in total. The van der Waals surface area contributed by atoms with E-state index in [-0.39, 0.29) is 11.4 Å². The van der Waals surface area contributed by atoms with Crippen LogP contribution in [-0.4, -0.2) is 48.8 Å². The fourth-order valence-electron chi connectivity index (χ4n) is 2.02. The predicted octanol–water partition coefficient (Wildman–Crippen LogP) is 0.947. The van der Waals surface area contributed by atoms with Gasteiger partial charge in [0.15, 0.2) is 0 Å². The van der Waals surface area contributed by atoms with E-state index < -0.39 is 41.0 Å². The van der Waals surface area contributed by atoms with E-state index in [0.29, 0.717) is 0 Å². The molecule has 0 unspecified atom stereocenters. The molecule has 0 saturated carbocycles. The van der Waals surface area contributed by atoms with Crippen molar-refractivity contribution in [3.05, 3.63) is 29.8 Å². The highest BCUT2D eigenvalue weighted by Gasteiger charge is 2.46. The highest BCUT2D eigenvalue weighted by molar-refractivity contribution is 7.85. The molecule has 2 rings (SSSR count). The van der Waals surface area contributed by atoms with Crippen LogP contribution in [0.1, 0.15) is 12.0 Å². The van der Waals surface area contributed by atoms with Crippen LogP contribution >= 0.6 is 0 Å². The number of alkyl halides is 2. The van der Waals surface area contributed by atoms with Gasteiger partial charge in [-0.2, -0.15) is 13.7 Å². The smallest absolute Gasteiger partial charge is 0.294 e. The van der Waals surface area contributed by atoms with Gasteiger partial charge >= 0.3 is 0 Å². The van der Waals surface area contributed by atoms with Crippen LogP contribution in [0.3, 0.4) is 0 Å². The van der Waals surface area contributed by atoms with Crippen molar-refractivity contribution in [3.63, 3.8) is 0 Å². The van der Waals surface area contributed by atoms with Gasteiger partial charge in [0.2, 0.25) is 5.91 Å². The second-order valence-corrected chi connectivity index (χ2v) is 6.64. The minimum atomic E-state index is -4.02. The zero-order valence-electron chi connectivity index (χ0n) is 12.8. The summed E-state index contributed by atoms with van der Waals surface area (Å²) < 4.78 is 55.0. The number of hydrogen-bond donors (Lipinski definition) is 2. The summed E-state index contributed by atoms with van der Waals surface area (Å²) in [6.07, 6.45) is -0.588. The number of likely N-dealkylation sites (tertiary alicyclic amines) is 1. The Hall–Kier alpha value is -2.09. The van der Waals surface area contributed by atoms with Crippen LogP contribution in [0.4, 0.5) is 8.78 Å². The maximum Gasteiger partial charge on any atom is 0.294 e. The van der Waals surface area contributed by atoms with E-state index in [1.165, 1.54) is 12.1 Å². The van der Waals surface area contributed by atoms with Gasteiger partial charge in [-0.15, -0.1) is 0 Å². The number of benzene rings is 1. The number of nitrogens with zero attached hydrogens (tertiary/aromatic N) is 2. The van der Waals surface area contributed by atoms with Crippen LogP contribution in [0.5, 0.6) is 0 Å². The van der Waals surface area contributed by atoms with Gasteiger partial charge in [0.05, 0.1) is 24.1 Å². The lowest BCUT2D eigenvalue weighted by Gasteiger charge is -2.17. The zero-order chi connectivity index (χ0) is 18.5. The van der Waals surface area contributed by atoms with Gasteiger partial charge in [-0.25, -0.2) is 8.78 Å². The lowest BCUT2D eigenvalue weighted by molar-refractivity contribution is -0.130. The molecular formula is C14H17F2N3O4S. The number of nitriles is 1. The average molecular weight is 361 g/mol. The highest BCUT2D eigenvalue weighted by Crippen LogP contribution is 2.31. The molecule has 0 bridgehead atoms. The number of rotatable bonds is 2. The van der Waals surface area contributed by atoms with Crippen LogP contribution in [0.15, 0.2) is 29.2 Å². The predicted molar refractivity (Wildman–Crippen MR) is 80.7 cm³/mol. The fourth-order valence-corrected chi connectivity index (χ4v) is 2.50.